The Labute approximate surface area is 118 Å². The highest BCUT2D eigenvalue weighted by molar-refractivity contribution is 5.86. The fourth-order valence-electron chi connectivity index (χ4n) is 1.84. The molecule has 3 nitrogen and oxygen atoms in total. The summed E-state index contributed by atoms with van der Waals surface area (Å²) < 4.78 is 5.92. The Morgan fingerprint density at radius 3 is 2.21 bits per heavy atom. The minimum Gasteiger partial charge on any atom is -0.383 e. The minimum atomic E-state index is -1.19. The van der Waals surface area contributed by atoms with Crippen molar-refractivity contribution in [1.29, 1.82) is 0 Å². The van der Waals surface area contributed by atoms with E-state index in [4.69, 9.17) is 4.74 Å². The summed E-state index contributed by atoms with van der Waals surface area (Å²) in [5, 5.41) is 9.51. The van der Waals surface area contributed by atoms with E-state index in [1.807, 2.05) is 0 Å². The Kier molecular flexibility index (Phi) is 7.83. The molecule has 0 aromatic rings. The summed E-state index contributed by atoms with van der Waals surface area (Å²) in [4.78, 5) is 11.5. The standard InChI is InChI=1S/C16H32O3/c1-7-13(2)16(5,6)19-12-10-8-9-11-14(17)15(3,4)18/h13,18H,7-12H2,1-6H3. The van der Waals surface area contributed by atoms with Crippen molar-refractivity contribution in [1.82, 2.24) is 0 Å². The van der Waals surface area contributed by atoms with Crippen LogP contribution >= 0.6 is 0 Å². The van der Waals surface area contributed by atoms with E-state index in [1.165, 1.54) is 0 Å². The first-order valence-electron chi connectivity index (χ1n) is 7.51. The summed E-state index contributed by atoms with van der Waals surface area (Å²) in [6.07, 6.45) is 4.35. The van der Waals surface area contributed by atoms with Crippen molar-refractivity contribution in [2.24, 2.45) is 5.92 Å². The summed E-state index contributed by atoms with van der Waals surface area (Å²) in [5.74, 6) is 0.470. The number of ketones is 1. The molecule has 1 unspecified atom stereocenters. The Morgan fingerprint density at radius 1 is 1.16 bits per heavy atom. The van der Waals surface area contributed by atoms with E-state index in [0.29, 0.717) is 12.3 Å². The molecule has 0 aliphatic carbocycles. The molecule has 0 aliphatic rings. The molecular weight excluding hydrogens is 240 g/mol. The summed E-state index contributed by atoms with van der Waals surface area (Å²) in [6, 6.07) is 0. The van der Waals surface area contributed by atoms with Gasteiger partial charge in [-0.1, -0.05) is 26.7 Å². The van der Waals surface area contributed by atoms with Crippen molar-refractivity contribution in [2.45, 2.75) is 84.8 Å². The van der Waals surface area contributed by atoms with Gasteiger partial charge < -0.3 is 9.84 Å². The van der Waals surface area contributed by atoms with Crippen LogP contribution in [0.25, 0.3) is 0 Å². The highest BCUT2D eigenvalue weighted by Gasteiger charge is 2.25. The molecule has 3 heteroatoms. The first-order valence-corrected chi connectivity index (χ1v) is 7.51. The van der Waals surface area contributed by atoms with Crippen LogP contribution in [0.15, 0.2) is 0 Å². The molecule has 1 N–H and O–H groups in total. The summed E-state index contributed by atoms with van der Waals surface area (Å²) in [7, 11) is 0. The number of hydrogen-bond donors (Lipinski definition) is 1. The van der Waals surface area contributed by atoms with Crippen LogP contribution in [0, 0.1) is 5.92 Å². The maximum Gasteiger partial charge on any atom is 0.163 e. The van der Waals surface area contributed by atoms with Crippen LogP contribution in [0.5, 0.6) is 0 Å². The van der Waals surface area contributed by atoms with E-state index in [2.05, 4.69) is 27.7 Å². The maximum atomic E-state index is 11.5. The van der Waals surface area contributed by atoms with Gasteiger partial charge in [0.2, 0.25) is 0 Å². The van der Waals surface area contributed by atoms with E-state index in [1.54, 1.807) is 13.8 Å². The largest absolute Gasteiger partial charge is 0.383 e. The van der Waals surface area contributed by atoms with E-state index in [0.717, 1.165) is 32.3 Å². The quantitative estimate of drug-likeness (QED) is 0.616. The summed E-state index contributed by atoms with van der Waals surface area (Å²) in [6.45, 7) is 12.5. The second kappa shape index (κ2) is 8.01. The van der Waals surface area contributed by atoms with Crippen LogP contribution < -0.4 is 0 Å². The first-order chi connectivity index (χ1) is 8.61. The van der Waals surface area contributed by atoms with Crippen LogP contribution in [0.1, 0.15) is 73.6 Å². The Morgan fingerprint density at radius 2 is 1.74 bits per heavy atom. The van der Waals surface area contributed by atoms with Crippen molar-refractivity contribution in [2.75, 3.05) is 6.61 Å². The highest BCUT2D eigenvalue weighted by atomic mass is 16.5. The molecule has 0 radical (unpaired) electrons. The Balaban J connectivity index is 3.70. The van der Waals surface area contributed by atoms with E-state index in [9.17, 15) is 9.90 Å². The predicted octanol–water partition coefficient (Wildman–Crippen LogP) is 3.73. The molecule has 0 fully saturated rings. The number of hydrogen-bond acceptors (Lipinski definition) is 3. The van der Waals surface area contributed by atoms with Crippen molar-refractivity contribution in [3.63, 3.8) is 0 Å². The molecule has 0 heterocycles. The third-order valence-electron chi connectivity index (χ3n) is 4.00. The third kappa shape index (κ3) is 7.68. The maximum absolute atomic E-state index is 11.5. The van der Waals surface area contributed by atoms with Gasteiger partial charge in [0.1, 0.15) is 5.60 Å². The molecule has 0 aliphatic heterocycles. The molecule has 0 bridgehead atoms. The lowest BCUT2D eigenvalue weighted by atomic mass is 9.90. The van der Waals surface area contributed by atoms with Gasteiger partial charge in [-0.25, -0.2) is 0 Å². The fraction of sp³-hybridized carbons (Fsp3) is 0.938. The number of ether oxygens (including phenoxy) is 1. The van der Waals surface area contributed by atoms with Gasteiger partial charge >= 0.3 is 0 Å². The lowest BCUT2D eigenvalue weighted by Crippen LogP contribution is -2.32. The molecule has 0 aromatic heterocycles. The molecule has 19 heavy (non-hydrogen) atoms. The van der Waals surface area contributed by atoms with Crippen molar-refractivity contribution in [3.8, 4) is 0 Å². The van der Waals surface area contributed by atoms with Gasteiger partial charge in [-0.05, 0) is 46.5 Å². The zero-order valence-corrected chi connectivity index (χ0v) is 13.6. The average Bonchev–Trinajstić information content (AvgIpc) is 2.30. The third-order valence-corrected chi connectivity index (χ3v) is 4.00. The molecule has 1 atom stereocenters. The topological polar surface area (TPSA) is 46.5 Å². The van der Waals surface area contributed by atoms with Gasteiger partial charge in [0, 0.05) is 13.0 Å². The Bertz CT molecular complexity index is 264. The van der Waals surface area contributed by atoms with Crippen LogP contribution in [0.2, 0.25) is 0 Å². The fourth-order valence-corrected chi connectivity index (χ4v) is 1.84. The number of carbonyl (C=O) groups excluding carboxylic acids is 1. The monoisotopic (exact) mass is 272 g/mol. The molecule has 0 rings (SSSR count). The van der Waals surface area contributed by atoms with Gasteiger partial charge in [0.05, 0.1) is 5.60 Å². The second-order valence-corrected chi connectivity index (χ2v) is 6.55. The van der Waals surface area contributed by atoms with E-state index >= 15 is 0 Å². The number of carbonyl (C=O) groups is 1. The number of rotatable bonds is 10. The smallest absolute Gasteiger partial charge is 0.163 e. The van der Waals surface area contributed by atoms with Crippen LogP contribution in [0.4, 0.5) is 0 Å². The molecule has 0 aromatic carbocycles. The zero-order valence-electron chi connectivity index (χ0n) is 13.6. The van der Waals surface area contributed by atoms with E-state index < -0.39 is 5.60 Å². The Hall–Kier alpha value is -0.410. The molecule has 0 spiro atoms. The van der Waals surface area contributed by atoms with Crippen molar-refractivity contribution in [3.05, 3.63) is 0 Å². The van der Waals surface area contributed by atoms with Crippen molar-refractivity contribution < 1.29 is 14.6 Å². The van der Waals surface area contributed by atoms with Crippen LogP contribution in [0.3, 0.4) is 0 Å². The highest BCUT2D eigenvalue weighted by Crippen LogP contribution is 2.24. The number of unbranched alkanes of at least 4 members (excludes halogenated alkanes) is 2. The van der Waals surface area contributed by atoms with Gasteiger partial charge in [0.25, 0.3) is 0 Å². The van der Waals surface area contributed by atoms with Crippen molar-refractivity contribution >= 4 is 5.78 Å². The minimum absolute atomic E-state index is 0.0718. The molecule has 0 saturated carbocycles. The van der Waals surface area contributed by atoms with Gasteiger partial charge in [-0.3, -0.25) is 4.79 Å². The van der Waals surface area contributed by atoms with Crippen LogP contribution in [-0.4, -0.2) is 28.7 Å². The van der Waals surface area contributed by atoms with Gasteiger partial charge in [-0.2, -0.15) is 0 Å². The first kappa shape index (κ1) is 18.6. The van der Waals surface area contributed by atoms with Gasteiger partial charge in [-0.15, -0.1) is 0 Å². The van der Waals surface area contributed by atoms with Gasteiger partial charge in [0.15, 0.2) is 5.78 Å². The summed E-state index contributed by atoms with van der Waals surface area (Å²) in [5.41, 5.74) is -1.26. The molecule has 114 valence electrons. The average molecular weight is 272 g/mol. The summed E-state index contributed by atoms with van der Waals surface area (Å²) >= 11 is 0. The normalized spacial score (nSPS) is 14.5. The SMILES string of the molecule is CCC(C)C(C)(C)OCCCCCC(=O)C(C)(C)O. The lowest BCUT2D eigenvalue weighted by molar-refractivity contribution is -0.134. The number of Topliss-reactive ketones (excluding diaryl/α,β-unsaturated/α-hetero) is 1. The molecular formula is C16H32O3. The molecule has 0 saturated heterocycles. The second-order valence-electron chi connectivity index (χ2n) is 6.55. The number of aliphatic hydroxyl groups is 1. The van der Waals surface area contributed by atoms with Crippen LogP contribution in [-0.2, 0) is 9.53 Å². The lowest BCUT2D eigenvalue weighted by Gasteiger charge is -2.31. The zero-order chi connectivity index (χ0) is 15.1. The van der Waals surface area contributed by atoms with E-state index in [-0.39, 0.29) is 11.4 Å². The predicted molar refractivity (Wildman–Crippen MR) is 79.3 cm³/mol. The molecule has 0 amide bonds.